The molecule has 88 valence electrons. The molecule has 3 heteroatoms. The zero-order valence-corrected chi connectivity index (χ0v) is 10.3. The summed E-state index contributed by atoms with van der Waals surface area (Å²) in [5.74, 6) is 0. The zero-order valence-electron chi connectivity index (χ0n) is 10.3. The Morgan fingerprint density at radius 3 is 2.82 bits per heavy atom. The standard InChI is InChI=1S/C14H17N3/c1-3-12-6-4-5-11(2)14(12)16-9-13-7-8-15-10-17-13/h4-8,10,16H,3,9H2,1-2H3. The van der Waals surface area contributed by atoms with Gasteiger partial charge in [0.25, 0.3) is 0 Å². The Morgan fingerprint density at radius 1 is 1.24 bits per heavy atom. The van der Waals surface area contributed by atoms with Gasteiger partial charge in [0, 0.05) is 11.9 Å². The number of para-hydroxylation sites is 1. The highest BCUT2D eigenvalue weighted by Crippen LogP contribution is 2.21. The molecule has 1 aromatic carbocycles. The second-order valence-corrected chi connectivity index (χ2v) is 4.02. The first kappa shape index (κ1) is 11.6. The van der Waals surface area contributed by atoms with E-state index in [2.05, 4.69) is 47.3 Å². The molecule has 0 aliphatic heterocycles. The molecule has 2 aromatic rings. The molecule has 1 N–H and O–H groups in total. The summed E-state index contributed by atoms with van der Waals surface area (Å²) in [7, 11) is 0. The van der Waals surface area contributed by atoms with E-state index >= 15 is 0 Å². The van der Waals surface area contributed by atoms with Crippen LogP contribution in [0.15, 0.2) is 36.8 Å². The number of benzene rings is 1. The van der Waals surface area contributed by atoms with Gasteiger partial charge in [-0.2, -0.15) is 0 Å². The Hall–Kier alpha value is -1.90. The van der Waals surface area contributed by atoms with Gasteiger partial charge in [0.2, 0.25) is 0 Å². The summed E-state index contributed by atoms with van der Waals surface area (Å²) < 4.78 is 0. The van der Waals surface area contributed by atoms with Gasteiger partial charge in [0.15, 0.2) is 0 Å². The van der Waals surface area contributed by atoms with Crippen LogP contribution >= 0.6 is 0 Å². The highest BCUT2D eigenvalue weighted by atomic mass is 14.9. The van der Waals surface area contributed by atoms with E-state index in [-0.39, 0.29) is 0 Å². The molecular formula is C14H17N3. The molecule has 0 saturated heterocycles. The largest absolute Gasteiger partial charge is 0.379 e. The number of nitrogens with one attached hydrogen (secondary N) is 1. The summed E-state index contributed by atoms with van der Waals surface area (Å²) >= 11 is 0. The molecule has 0 aliphatic rings. The highest BCUT2D eigenvalue weighted by molar-refractivity contribution is 5.57. The molecule has 2 rings (SSSR count). The fourth-order valence-electron chi connectivity index (χ4n) is 1.88. The highest BCUT2D eigenvalue weighted by Gasteiger charge is 2.03. The second kappa shape index (κ2) is 5.43. The van der Waals surface area contributed by atoms with Crippen LogP contribution in [0.5, 0.6) is 0 Å². The molecule has 0 spiro atoms. The molecule has 1 aromatic heterocycles. The molecule has 0 radical (unpaired) electrons. The van der Waals surface area contributed by atoms with Crippen molar-refractivity contribution in [3.05, 3.63) is 53.6 Å². The minimum atomic E-state index is 0.736. The first-order valence-corrected chi connectivity index (χ1v) is 5.88. The van der Waals surface area contributed by atoms with E-state index in [0.29, 0.717) is 0 Å². The van der Waals surface area contributed by atoms with Gasteiger partial charge < -0.3 is 5.32 Å². The fourth-order valence-corrected chi connectivity index (χ4v) is 1.88. The topological polar surface area (TPSA) is 37.8 Å². The molecule has 17 heavy (non-hydrogen) atoms. The third-order valence-corrected chi connectivity index (χ3v) is 2.83. The maximum atomic E-state index is 4.21. The van der Waals surface area contributed by atoms with E-state index in [0.717, 1.165) is 18.7 Å². The normalized spacial score (nSPS) is 10.2. The lowest BCUT2D eigenvalue weighted by Crippen LogP contribution is -2.05. The predicted octanol–water partition coefficient (Wildman–Crippen LogP) is 2.96. The van der Waals surface area contributed by atoms with Crippen LogP contribution in [0.1, 0.15) is 23.7 Å². The Balaban J connectivity index is 2.14. The number of aryl methyl sites for hydroxylation is 2. The van der Waals surface area contributed by atoms with Crippen LogP contribution < -0.4 is 5.32 Å². The SMILES string of the molecule is CCc1cccc(C)c1NCc1ccncn1. The van der Waals surface area contributed by atoms with Gasteiger partial charge in [0.1, 0.15) is 6.33 Å². The molecule has 0 atom stereocenters. The van der Waals surface area contributed by atoms with Crippen LogP contribution in [-0.2, 0) is 13.0 Å². The predicted molar refractivity (Wildman–Crippen MR) is 69.9 cm³/mol. The van der Waals surface area contributed by atoms with Crippen molar-refractivity contribution in [2.75, 3.05) is 5.32 Å². The van der Waals surface area contributed by atoms with Crippen LogP contribution in [0, 0.1) is 6.92 Å². The lowest BCUT2D eigenvalue weighted by molar-refractivity contribution is 0.995. The third kappa shape index (κ3) is 2.81. The van der Waals surface area contributed by atoms with Gasteiger partial charge in [0.05, 0.1) is 12.2 Å². The van der Waals surface area contributed by atoms with E-state index < -0.39 is 0 Å². The van der Waals surface area contributed by atoms with Crippen molar-refractivity contribution < 1.29 is 0 Å². The molecular weight excluding hydrogens is 210 g/mol. The van der Waals surface area contributed by atoms with Crippen molar-refractivity contribution in [1.82, 2.24) is 9.97 Å². The molecule has 3 nitrogen and oxygen atoms in total. The zero-order chi connectivity index (χ0) is 12.1. The first-order chi connectivity index (χ1) is 8.31. The Kier molecular flexibility index (Phi) is 3.70. The van der Waals surface area contributed by atoms with Gasteiger partial charge >= 0.3 is 0 Å². The van der Waals surface area contributed by atoms with Crippen molar-refractivity contribution in [2.24, 2.45) is 0 Å². The van der Waals surface area contributed by atoms with E-state index in [4.69, 9.17) is 0 Å². The maximum Gasteiger partial charge on any atom is 0.115 e. The van der Waals surface area contributed by atoms with Crippen LogP contribution in [0.4, 0.5) is 5.69 Å². The number of rotatable bonds is 4. The van der Waals surface area contributed by atoms with Gasteiger partial charge in [-0.3, -0.25) is 0 Å². The van der Waals surface area contributed by atoms with Crippen LogP contribution in [-0.4, -0.2) is 9.97 Å². The maximum absolute atomic E-state index is 4.21. The van der Waals surface area contributed by atoms with Gasteiger partial charge in [-0.05, 0) is 30.5 Å². The molecule has 0 amide bonds. The van der Waals surface area contributed by atoms with E-state index in [1.54, 1.807) is 12.5 Å². The number of aromatic nitrogens is 2. The van der Waals surface area contributed by atoms with E-state index in [1.165, 1.54) is 16.8 Å². The van der Waals surface area contributed by atoms with Gasteiger partial charge in [-0.15, -0.1) is 0 Å². The van der Waals surface area contributed by atoms with Crippen molar-refractivity contribution in [2.45, 2.75) is 26.8 Å². The first-order valence-electron chi connectivity index (χ1n) is 5.88. The lowest BCUT2D eigenvalue weighted by atomic mass is 10.1. The molecule has 0 fully saturated rings. The third-order valence-electron chi connectivity index (χ3n) is 2.83. The smallest absolute Gasteiger partial charge is 0.115 e. The summed E-state index contributed by atoms with van der Waals surface area (Å²) in [6.07, 6.45) is 4.38. The quantitative estimate of drug-likeness (QED) is 0.872. The van der Waals surface area contributed by atoms with Crippen molar-refractivity contribution in [3.63, 3.8) is 0 Å². The number of hydrogen-bond donors (Lipinski definition) is 1. The van der Waals surface area contributed by atoms with E-state index in [1.807, 2.05) is 6.07 Å². The van der Waals surface area contributed by atoms with E-state index in [9.17, 15) is 0 Å². The summed E-state index contributed by atoms with van der Waals surface area (Å²) in [5.41, 5.74) is 4.86. The summed E-state index contributed by atoms with van der Waals surface area (Å²) in [6.45, 7) is 5.03. The second-order valence-electron chi connectivity index (χ2n) is 4.02. The lowest BCUT2D eigenvalue weighted by Gasteiger charge is -2.13. The Labute approximate surface area is 102 Å². The number of nitrogens with zero attached hydrogens (tertiary/aromatic N) is 2. The fraction of sp³-hybridized carbons (Fsp3) is 0.286. The van der Waals surface area contributed by atoms with Crippen molar-refractivity contribution >= 4 is 5.69 Å². The van der Waals surface area contributed by atoms with Gasteiger partial charge in [-0.25, -0.2) is 9.97 Å². The van der Waals surface area contributed by atoms with Crippen LogP contribution in [0.3, 0.4) is 0 Å². The molecule has 0 unspecified atom stereocenters. The summed E-state index contributed by atoms with van der Waals surface area (Å²) in [6, 6.07) is 8.32. The van der Waals surface area contributed by atoms with Crippen LogP contribution in [0.25, 0.3) is 0 Å². The average Bonchev–Trinajstić information content (AvgIpc) is 2.38. The molecule has 1 heterocycles. The van der Waals surface area contributed by atoms with Crippen molar-refractivity contribution in [3.8, 4) is 0 Å². The van der Waals surface area contributed by atoms with Gasteiger partial charge in [-0.1, -0.05) is 25.1 Å². The molecule has 0 aliphatic carbocycles. The summed E-state index contributed by atoms with van der Waals surface area (Å²) in [4.78, 5) is 8.12. The number of hydrogen-bond acceptors (Lipinski definition) is 3. The Morgan fingerprint density at radius 2 is 2.12 bits per heavy atom. The summed E-state index contributed by atoms with van der Waals surface area (Å²) in [5, 5.41) is 3.46. The molecule has 0 saturated carbocycles. The number of anilines is 1. The monoisotopic (exact) mass is 227 g/mol. The van der Waals surface area contributed by atoms with Crippen LogP contribution in [0.2, 0.25) is 0 Å². The Bertz CT molecular complexity index is 480. The molecule has 0 bridgehead atoms. The average molecular weight is 227 g/mol. The minimum Gasteiger partial charge on any atom is -0.379 e. The van der Waals surface area contributed by atoms with Crippen molar-refractivity contribution in [1.29, 1.82) is 0 Å². The minimum absolute atomic E-state index is 0.736.